The number of carboxylic acids is 1. The maximum atomic E-state index is 13.2. The first-order chi connectivity index (χ1) is 11.8. The topological polar surface area (TPSA) is 93.1 Å². The molecule has 3 rings (SSSR count). The molecule has 1 saturated heterocycles. The number of aliphatic carboxylic acids is 1. The number of ether oxygens (including phenoxy) is 2. The number of nitrogens with zero attached hydrogens (tertiary/aromatic N) is 1. The Bertz CT molecular complexity index is 777. The smallest absolute Gasteiger partial charge is 0.311 e. The number of carboxylic acid groups (broad SMARTS) is 1. The van der Waals surface area contributed by atoms with Crippen LogP contribution in [0.3, 0.4) is 0 Å². The van der Waals surface area contributed by atoms with Crippen LogP contribution in [0.1, 0.15) is 24.8 Å². The summed E-state index contributed by atoms with van der Waals surface area (Å²) >= 11 is 0. The third kappa shape index (κ3) is 2.92. The predicted molar refractivity (Wildman–Crippen MR) is 89.9 cm³/mol. The molecule has 0 unspecified atom stereocenters. The van der Waals surface area contributed by atoms with Gasteiger partial charge in [-0.3, -0.25) is 4.79 Å². The Kier molecular flexibility index (Phi) is 4.78. The van der Waals surface area contributed by atoms with Gasteiger partial charge in [-0.1, -0.05) is 12.5 Å². The zero-order valence-electron chi connectivity index (χ0n) is 14.4. The molecule has 1 aromatic carbocycles. The molecule has 0 spiro atoms. The van der Waals surface area contributed by atoms with E-state index in [4.69, 9.17) is 9.47 Å². The molecule has 0 bridgehead atoms. The van der Waals surface area contributed by atoms with Crippen molar-refractivity contribution in [2.75, 3.05) is 27.3 Å². The molecule has 25 heavy (non-hydrogen) atoms. The van der Waals surface area contributed by atoms with Crippen molar-refractivity contribution in [3.63, 3.8) is 0 Å². The molecule has 1 aromatic rings. The van der Waals surface area contributed by atoms with Gasteiger partial charge in [0, 0.05) is 20.2 Å². The Morgan fingerprint density at radius 3 is 2.76 bits per heavy atom. The molecule has 2 aliphatic rings. The van der Waals surface area contributed by atoms with Crippen LogP contribution in [0.25, 0.3) is 0 Å². The number of carbonyl (C=O) groups is 1. The third-order valence-corrected chi connectivity index (χ3v) is 7.26. The van der Waals surface area contributed by atoms with Crippen LogP contribution in [0.5, 0.6) is 5.75 Å². The summed E-state index contributed by atoms with van der Waals surface area (Å²) in [5, 5.41) is 9.68. The van der Waals surface area contributed by atoms with Gasteiger partial charge in [-0.25, -0.2) is 8.42 Å². The summed E-state index contributed by atoms with van der Waals surface area (Å²) in [7, 11) is -0.890. The number of benzene rings is 1. The minimum Gasteiger partial charge on any atom is -0.495 e. The summed E-state index contributed by atoms with van der Waals surface area (Å²) in [6.07, 6.45) is 2.11. The fourth-order valence-corrected chi connectivity index (χ4v) is 5.85. The number of fused-ring (bicyclic) bond motifs is 1. The van der Waals surface area contributed by atoms with Gasteiger partial charge in [0.15, 0.2) is 0 Å². The van der Waals surface area contributed by atoms with Crippen LogP contribution in [0.4, 0.5) is 0 Å². The second-order valence-electron chi connectivity index (χ2n) is 6.77. The number of rotatable bonds is 6. The van der Waals surface area contributed by atoms with Crippen LogP contribution in [0.15, 0.2) is 23.1 Å². The maximum absolute atomic E-state index is 13.2. The summed E-state index contributed by atoms with van der Waals surface area (Å²) in [6.45, 7) is 0.549. The fraction of sp³-hybridized carbons (Fsp3) is 0.588. The summed E-state index contributed by atoms with van der Waals surface area (Å²) in [6, 6.07) is 4.89. The lowest BCUT2D eigenvalue weighted by atomic mass is 9.81. The molecule has 1 aliphatic carbocycles. The largest absolute Gasteiger partial charge is 0.495 e. The lowest BCUT2D eigenvalue weighted by Crippen LogP contribution is -2.37. The lowest BCUT2D eigenvalue weighted by Gasteiger charge is -2.23. The standard InChI is InChI=1S/C17H23NO6S/c1-23-10-12-5-6-14(24-2)15(8-12)25(21,22)18-9-13-4-3-7-17(13,11-18)16(19)20/h5-6,8,13H,3-4,7,9-11H2,1-2H3,(H,19,20)/t13-,17+/m0/s1. The van der Waals surface area contributed by atoms with Gasteiger partial charge in [0.05, 0.1) is 19.1 Å². The minimum absolute atomic E-state index is 0.0208. The van der Waals surface area contributed by atoms with Gasteiger partial charge in [0.1, 0.15) is 10.6 Å². The second-order valence-corrected chi connectivity index (χ2v) is 8.67. The maximum Gasteiger partial charge on any atom is 0.311 e. The molecule has 2 fully saturated rings. The van der Waals surface area contributed by atoms with Gasteiger partial charge >= 0.3 is 5.97 Å². The predicted octanol–water partition coefficient (Wildman–Crippen LogP) is 1.72. The fourth-order valence-electron chi connectivity index (χ4n) is 4.09. The molecule has 7 nitrogen and oxygen atoms in total. The number of hydrogen-bond acceptors (Lipinski definition) is 5. The van der Waals surface area contributed by atoms with E-state index in [0.29, 0.717) is 12.0 Å². The number of methoxy groups -OCH3 is 2. The van der Waals surface area contributed by atoms with Crippen LogP contribution in [0.2, 0.25) is 0 Å². The van der Waals surface area contributed by atoms with Gasteiger partial charge in [-0.2, -0.15) is 4.31 Å². The molecule has 138 valence electrons. The van der Waals surface area contributed by atoms with Crippen LogP contribution >= 0.6 is 0 Å². The molecule has 0 amide bonds. The van der Waals surface area contributed by atoms with E-state index in [9.17, 15) is 18.3 Å². The van der Waals surface area contributed by atoms with E-state index in [1.807, 2.05) is 0 Å². The first kappa shape index (κ1) is 18.2. The van der Waals surface area contributed by atoms with Crippen molar-refractivity contribution >= 4 is 16.0 Å². The highest BCUT2D eigenvalue weighted by atomic mass is 32.2. The van der Waals surface area contributed by atoms with Gasteiger partial charge < -0.3 is 14.6 Å². The average Bonchev–Trinajstić information content (AvgIpc) is 3.13. The molecular formula is C17H23NO6S. The van der Waals surface area contributed by atoms with Crippen LogP contribution in [-0.4, -0.2) is 51.1 Å². The van der Waals surface area contributed by atoms with E-state index in [0.717, 1.165) is 12.8 Å². The van der Waals surface area contributed by atoms with Gasteiger partial charge in [0.25, 0.3) is 0 Å². The van der Waals surface area contributed by atoms with Crippen LogP contribution < -0.4 is 4.74 Å². The molecule has 1 saturated carbocycles. The van der Waals surface area contributed by atoms with E-state index in [1.165, 1.54) is 18.5 Å². The van der Waals surface area contributed by atoms with Crippen molar-refractivity contribution in [1.29, 1.82) is 0 Å². The Balaban J connectivity index is 1.98. The van der Waals surface area contributed by atoms with Crippen molar-refractivity contribution in [2.45, 2.75) is 30.8 Å². The van der Waals surface area contributed by atoms with Gasteiger partial charge in [-0.15, -0.1) is 0 Å². The molecule has 0 aromatic heterocycles. The van der Waals surface area contributed by atoms with Gasteiger partial charge in [0.2, 0.25) is 10.0 Å². The summed E-state index contributed by atoms with van der Waals surface area (Å²) in [4.78, 5) is 11.9. The van der Waals surface area contributed by atoms with E-state index in [1.54, 1.807) is 18.2 Å². The summed E-state index contributed by atoms with van der Waals surface area (Å²) in [5.74, 6) is -0.776. The number of hydrogen-bond donors (Lipinski definition) is 1. The second kappa shape index (κ2) is 6.59. The molecule has 1 N–H and O–H groups in total. The first-order valence-corrected chi connectivity index (χ1v) is 9.68. The minimum atomic E-state index is -3.85. The quantitative estimate of drug-likeness (QED) is 0.821. The molecule has 1 aliphatic heterocycles. The van der Waals surface area contributed by atoms with E-state index in [2.05, 4.69) is 0 Å². The summed E-state index contributed by atoms with van der Waals surface area (Å²) < 4.78 is 38.0. The Hall–Kier alpha value is -1.64. The average molecular weight is 369 g/mol. The van der Waals surface area contributed by atoms with E-state index >= 15 is 0 Å². The van der Waals surface area contributed by atoms with Crippen molar-refractivity contribution in [2.24, 2.45) is 11.3 Å². The van der Waals surface area contributed by atoms with Crippen molar-refractivity contribution in [3.05, 3.63) is 23.8 Å². The highest BCUT2D eigenvalue weighted by Gasteiger charge is 2.57. The molecule has 8 heteroatoms. The number of sulfonamides is 1. The molecule has 1 heterocycles. The summed E-state index contributed by atoms with van der Waals surface area (Å²) in [5.41, 5.74) is -0.237. The zero-order chi connectivity index (χ0) is 18.2. The zero-order valence-corrected chi connectivity index (χ0v) is 15.2. The normalized spacial score (nSPS) is 26.6. The highest BCUT2D eigenvalue weighted by molar-refractivity contribution is 7.89. The van der Waals surface area contributed by atoms with E-state index < -0.39 is 21.4 Å². The van der Waals surface area contributed by atoms with Crippen molar-refractivity contribution < 1.29 is 27.8 Å². The lowest BCUT2D eigenvalue weighted by molar-refractivity contribution is -0.149. The highest BCUT2D eigenvalue weighted by Crippen LogP contribution is 2.50. The van der Waals surface area contributed by atoms with Gasteiger partial charge in [-0.05, 0) is 36.5 Å². The monoisotopic (exact) mass is 369 g/mol. The molecule has 2 atom stereocenters. The third-order valence-electron chi connectivity index (χ3n) is 5.42. The first-order valence-electron chi connectivity index (χ1n) is 8.24. The molecule has 0 radical (unpaired) electrons. The van der Waals surface area contributed by atoms with Crippen molar-refractivity contribution in [3.8, 4) is 5.75 Å². The van der Waals surface area contributed by atoms with Crippen molar-refractivity contribution in [1.82, 2.24) is 4.31 Å². The Labute approximate surface area is 147 Å². The Morgan fingerprint density at radius 1 is 1.40 bits per heavy atom. The van der Waals surface area contributed by atoms with E-state index in [-0.39, 0.29) is 36.3 Å². The molecular weight excluding hydrogens is 346 g/mol. The van der Waals surface area contributed by atoms with Crippen LogP contribution in [0, 0.1) is 11.3 Å². The Morgan fingerprint density at radius 2 is 2.16 bits per heavy atom. The SMILES string of the molecule is COCc1ccc(OC)c(S(=O)(=O)N2C[C@@H]3CCC[C@@]3(C(=O)O)C2)c1. The van der Waals surface area contributed by atoms with Crippen LogP contribution in [-0.2, 0) is 26.2 Å².